The molecule has 1 aliphatic rings. The molecule has 0 bridgehead atoms. The predicted octanol–water partition coefficient (Wildman–Crippen LogP) is 3.34. The van der Waals surface area contributed by atoms with Crippen LogP contribution in [0.4, 0.5) is 0 Å². The molecule has 0 spiro atoms. The molecule has 1 saturated heterocycles. The van der Waals surface area contributed by atoms with E-state index in [1.165, 1.54) is 45.2 Å². The Hall–Kier alpha value is -0.150. The Morgan fingerprint density at radius 3 is 2.71 bits per heavy atom. The van der Waals surface area contributed by atoms with Crippen LogP contribution in [0.1, 0.15) is 59.3 Å². The lowest BCUT2D eigenvalue weighted by Gasteiger charge is -2.36. The third-order valence-corrected chi connectivity index (χ3v) is 4.69. The Morgan fingerprint density at radius 2 is 2.12 bits per heavy atom. The van der Waals surface area contributed by atoms with Crippen LogP contribution < -0.4 is 5.73 Å². The molecule has 100 valence electrons. The lowest BCUT2D eigenvalue weighted by molar-refractivity contribution is 0.138. The first kappa shape index (κ1) is 14.9. The van der Waals surface area contributed by atoms with E-state index in [-0.39, 0.29) is 5.41 Å². The van der Waals surface area contributed by atoms with Gasteiger partial charge in [-0.05, 0) is 45.2 Å². The van der Waals surface area contributed by atoms with Crippen molar-refractivity contribution in [2.75, 3.05) is 13.1 Å². The molecule has 1 aliphatic heterocycles. The van der Waals surface area contributed by atoms with E-state index in [1.807, 2.05) is 0 Å². The summed E-state index contributed by atoms with van der Waals surface area (Å²) in [6.07, 6.45) is 7.77. The van der Waals surface area contributed by atoms with Gasteiger partial charge in [-0.1, -0.05) is 39.4 Å². The quantitative estimate of drug-likeness (QED) is 0.739. The van der Waals surface area contributed by atoms with Gasteiger partial charge < -0.3 is 10.6 Å². The molecule has 1 unspecified atom stereocenters. The average molecular weight is 256 g/mol. The van der Waals surface area contributed by atoms with Crippen LogP contribution in [0.15, 0.2) is 0 Å². The van der Waals surface area contributed by atoms with Gasteiger partial charge in [0.15, 0.2) is 0 Å². The van der Waals surface area contributed by atoms with Gasteiger partial charge in [-0.3, -0.25) is 0 Å². The Bertz CT molecular complexity index is 251. The summed E-state index contributed by atoms with van der Waals surface area (Å²) in [6.45, 7) is 9.12. The molecule has 0 aliphatic carbocycles. The molecule has 1 atom stereocenters. The lowest BCUT2D eigenvalue weighted by atomic mass is 9.87. The van der Waals surface area contributed by atoms with E-state index < -0.39 is 0 Å². The zero-order valence-corrected chi connectivity index (χ0v) is 12.5. The van der Waals surface area contributed by atoms with Crippen molar-refractivity contribution in [1.29, 1.82) is 0 Å². The van der Waals surface area contributed by atoms with Crippen molar-refractivity contribution in [3.63, 3.8) is 0 Å². The molecule has 1 rings (SSSR count). The number of piperidine rings is 1. The maximum atomic E-state index is 5.76. The molecule has 2 nitrogen and oxygen atoms in total. The number of likely N-dealkylation sites (tertiary alicyclic amines) is 1. The second-order valence-corrected chi connectivity index (χ2v) is 6.39. The molecule has 2 N–H and O–H groups in total. The first-order chi connectivity index (χ1) is 7.97. The van der Waals surface area contributed by atoms with Crippen LogP contribution in [0.3, 0.4) is 0 Å². The standard InChI is InChI=1S/C14H28N2S/c1-4-12-8-5-6-10-16(12)11-7-9-14(2,3)13(15)17/h12H,4-11H2,1-3H3,(H2,15,17). The molecule has 0 aromatic rings. The molecule has 0 aromatic carbocycles. The first-order valence-electron chi connectivity index (χ1n) is 7.01. The van der Waals surface area contributed by atoms with Gasteiger partial charge in [0.05, 0.1) is 4.99 Å². The van der Waals surface area contributed by atoms with Crippen molar-refractivity contribution in [3.05, 3.63) is 0 Å². The van der Waals surface area contributed by atoms with Gasteiger partial charge in [-0.25, -0.2) is 0 Å². The highest BCUT2D eigenvalue weighted by molar-refractivity contribution is 7.80. The topological polar surface area (TPSA) is 29.3 Å². The summed E-state index contributed by atoms with van der Waals surface area (Å²) >= 11 is 5.11. The number of rotatable bonds is 6. The van der Waals surface area contributed by atoms with Crippen LogP contribution in [-0.2, 0) is 0 Å². The summed E-state index contributed by atoms with van der Waals surface area (Å²) in [5, 5.41) is 0. The smallest absolute Gasteiger partial charge is 0.0784 e. The van der Waals surface area contributed by atoms with E-state index in [1.54, 1.807) is 0 Å². The minimum absolute atomic E-state index is 0.0207. The third-order valence-electron chi connectivity index (χ3n) is 4.13. The van der Waals surface area contributed by atoms with Crippen LogP contribution in [0, 0.1) is 5.41 Å². The van der Waals surface area contributed by atoms with Gasteiger partial charge in [0, 0.05) is 11.5 Å². The highest BCUT2D eigenvalue weighted by Gasteiger charge is 2.23. The molecule has 3 heteroatoms. The molecule has 0 aromatic heterocycles. The Morgan fingerprint density at radius 1 is 1.41 bits per heavy atom. The number of nitrogens with two attached hydrogens (primary N) is 1. The largest absolute Gasteiger partial charge is 0.393 e. The average Bonchev–Trinajstić information content (AvgIpc) is 2.29. The number of hydrogen-bond donors (Lipinski definition) is 1. The van der Waals surface area contributed by atoms with Gasteiger partial charge in [-0.15, -0.1) is 0 Å². The van der Waals surface area contributed by atoms with Crippen molar-refractivity contribution in [2.24, 2.45) is 11.1 Å². The lowest BCUT2D eigenvalue weighted by Crippen LogP contribution is -2.40. The van der Waals surface area contributed by atoms with Gasteiger partial charge in [-0.2, -0.15) is 0 Å². The van der Waals surface area contributed by atoms with Crippen LogP contribution in [0.2, 0.25) is 0 Å². The molecule has 0 saturated carbocycles. The second-order valence-electron chi connectivity index (χ2n) is 5.95. The highest BCUT2D eigenvalue weighted by atomic mass is 32.1. The zero-order chi connectivity index (χ0) is 12.9. The highest BCUT2D eigenvalue weighted by Crippen LogP contribution is 2.25. The number of hydrogen-bond acceptors (Lipinski definition) is 2. The Labute approximate surface area is 112 Å². The fourth-order valence-corrected chi connectivity index (χ4v) is 2.77. The first-order valence-corrected chi connectivity index (χ1v) is 7.42. The maximum absolute atomic E-state index is 5.76. The van der Waals surface area contributed by atoms with E-state index in [0.29, 0.717) is 4.99 Å². The third kappa shape index (κ3) is 4.55. The molecule has 0 radical (unpaired) electrons. The van der Waals surface area contributed by atoms with Gasteiger partial charge in [0.2, 0.25) is 0 Å². The molecule has 0 amide bonds. The van der Waals surface area contributed by atoms with E-state index >= 15 is 0 Å². The predicted molar refractivity (Wildman–Crippen MR) is 79.3 cm³/mol. The minimum atomic E-state index is 0.0207. The number of nitrogens with zero attached hydrogens (tertiary/aromatic N) is 1. The van der Waals surface area contributed by atoms with Gasteiger partial charge in [0.1, 0.15) is 0 Å². The van der Waals surface area contributed by atoms with E-state index in [2.05, 4.69) is 25.7 Å². The van der Waals surface area contributed by atoms with Crippen molar-refractivity contribution in [3.8, 4) is 0 Å². The molecule has 1 fully saturated rings. The Balaban J connectivity index is 2.32. The summed E-state index contributed by atoms with van der Waals surface area (Å²) in [5.74, 6) is 0. The van der Waals surface area contributed by atoms with Crippen molar-refractivity contribution in [1.82, 2.24) is 4.90 Å². The summed E-state index contributed by atoms with van der Waals surface area (Å²) in [4.78, 5) is 3.32. The molecule has 1 heterocycles. The zero-order valence-electron chi connectivity index (χ0n) is 11.7. The van der Waals surface area contributed by atoms with Crippen LogP contribution in [0.5, 0.6) is 0 Å². The fraction of sp³-hybridized carbons (Fsp3) is 0.929. The second kappa shape index (κ2) is 6.69. The summed E-state index contributed by atoms with van der Waals surface area (Å²) in [5.41, 5.74) is 5.78. The van der Waals surface area contributed by atoms with Crippen molar-refractivity contribution in [2.45, 2.75) is 65.3 Å². The van der Waals surface area contributed by atoms with E-state index in [9.17, 15) is 0 Å². The SMILES string of the molecule is CCC1CCCCN1CCCC(C)(C)C(N)=S. The summed E-state index contributed by atoms with van der Waals surface area (Å²) < 4.78 is 0. The normalized spacial score (nSPS) is 22.6. The monoisotopic (exact) mass is 256 g/mol. The molecular weight excluding hydrogens is 228 g/mol. The van der Waals surface area contributed by atoms with Gasteiger partial charge in [0.25, 0.3) is 0 Å². The minimum Gasteiger partial charge on any atom is -0.393 e. The number of thiocarbonyl (C=S) groups is 1. The van der Waals surface area contributed by atoms with Gasteiger partial charge >= 0.3 is 0 Å². The van der Waals surface area contributed by atoms with E-state index in [4.69, 9.17) is 18.0 Å². The van der Waals surface area contributed by atoms with Crippen molar-refractivity contribution >= 4 is 17.2 Å². The summed E-state index contributed by atoms with van der Waals surface area (Å²) in [6, 6.07) is 0.816. The van der Waals surface area contributed by atoms with Crippen LogP contribution >= 0.6 is 12.2 Å². The Kier molecular flexibility index (Phi) is 5.87. The maximum Gasteiger partial charge on any atom is 0.0784 e. The molecular formula is C14H28N2S. The van der Waals surface area contributed by atoms with E-state index in [0.717, 1.165) is 12.5 Å². The summed E-state index contributed by atoms with van der Waals surface area (Å²) in [7, 11) is 0. The van der Waals surface area contributed by atoms with Crippen LogP contribution in [-0.4, -0.2) is 29.0 Å². The molecule has 17 heavy (non-hydrogen) atoms. The van der Waals surface area contributed by atoms with Crippen LogP contribution in [0.25, 0.3) is 0 Å². The van der Waals surface area contributed by atoms with Crippen molar-refractivity contribution < 1.29 is 0 Å². The fourth-order valence-electron chi connectivity index (χ4n) is 2.66.